The molecule has 2 aromatic carbocycles. The summed E-state index contributed by atoms with van der Waals surface area (Å²) in [5.41, 5.74) is 1.65. The number of ether oxygens (including phenoxy) is 1. The first-order valence-corrected chi connectivity index (χ1v) is 7.43. The number of nitrogens with one attached hydrogen (secondary N) is 1. The van der Waals surface area contributed by atoms with Crippen LogP contribution in [-0.4, -0.2) is 18.5 Å². The summed E-state index contributed by atoms with van der Waals surface area (Å²) in [6.45, 7) is 3.16. The maximum atomic E-state index is 13.5. The lowest BCUT2D eigenvalue weighted by atomic mass is 10.1. The van der Waals surface area contributed by atoms with E-state index in [9.17, 15) is 18.4 Å². The van der Waals surface area contributed by atoms with Gasteiger partial charge < -0.3 is 10.1 Å². The van der Waals surface area contributed by atoms with Gasteiger partial charge in [0, 0.05) is 5.69 Å². The Hall–Kier alpha value is -2.76. The minimum absolute atomic E-state index is 0.580. The summed E-state index contributed by atoms with van der Waals surface area (Å²) in [4.78, 5) is 23.7. The zero-order valence-electron chi connectivity index (χ0n) is 13.4. The predicted octanol–water partition coefficient (Wildman–Crippen LogP) is 3.63. The van der Waals surface area contributed by atoms with E-state index in [1.54, 1.807) is 0 Å². The molecule has 0 aromatic heterocycles. The molecular formula is C18H17F2NO3. The van der Waals surface area contributed by atoms with Gasteiger partial charge in [0.15, 0.2) is 6.61 Å². The largest absolute Gasteiger partial charge is 0.452 e. The molecule has 0 unspecified atom stereocenters. The average Bonchev–Trinajstić information content (AvgIpc) is 2.54. The van der Waals surface area contributed by atoms with Crippen molar-refractivity contribution in [2.24, 2.45) is 0 Å². The van der Waals surface area contributed by atoms with E-state index in [4.69, 9.17) is 4.74 Å². The van der Waals surface area contributed by atoms with Gasteiger partial charge in [0.25, 0.3) is 5.91 Å². The van der Waals surface area contributed by atoms with Crippen LogP contribution in [0.15, 0.2) is 36.4 Å². The maximum Gasteiger partial charge on any atom is 0.344 e. The van der Waals surface area contributed by atoms with E-state index in [2.05, 4.69) is 5.32 Å². The van der Waals surface area contributed by atoms with Crippen LogP contribution >= 0.6 is 0 Å². The van der Waals surface area contributed by atoms with E-state index in [1.165, 1.54) is 0 Å². The Morgan fingerprint density at radius 2 is 1.71 bits per heavy atom. The molecule has 4 nitrogen and oxygen atoms in total. The van der Waals surface area contributed by atoms with E-state index in [0.717, 1.165) is 35.7 Å². The van der Waals surface area contributed by atoms with Crippen LogP contribution in [0.1, 0.15) is 28.4 Å². The third-order valence-corrected chi connectivity index (χ3v) is 3.51. The molecule has 0 fully saturated rings. The minimum atomic E-state index is -1.22. The highest BCUT2D eigenvalue weighted by atomic mass is 19.1. The fraction of sp³-hybridized carbons (Fsp3) is 0.222. The quantitative estimate of drug-likeness (QED) is 0.850. The number of rotatable bonds is 5. The lowest BCUT2D eigenvalue weighted by molar-refractivity contribution is -0.119. The molecule has 24 heavy (non-hydrogen) atoms. The number of hydrogen-bond donors (Lipinski definition) is 1. The monoisotopic (exact) mass is 333 g/mol. The van der Waals surface area contributed by atoms with Gasteiger partial charge in [0.2, 0.25) is 0 Å². The number of anilines is 1. The van der Waals surface area contributed by atoms with Crippen molar-refractivity contribution in [1.29, 1.82) is 0 Å². The number of para-hydroxylation sites is 1. The van der Waals surface area contributed by atoms with Crippen LogP contribution in [0.25, 0.3) is 0 Å². The summed E-state index contributed by atoms with van der Waals surface area (Å²) in [5.74, 6) is -3.87. The predicted molar refractivity (Wildman–Crippen MR) is 85.8 cm³/mol. The van der Waals surface area contributed by atoms with E-state index in [0.29, 0.717) is 5.69 Å². The van der Waals surface area contributed by atoms with Gasteiger partial charge in [0.05, 0.1) is 0 Å². The summed E-state index contributed by atoms with van der Waals surface area (Å²) < 4.78 is 31.7. The molecule has 0 atom stereocenters. The first-order chi connectivity index (χ1) is 11.4. The van der Waals surface area contributed by atoms with Crippen molar-refractivity contribution in [2.45, 2.75) is 20.3 Å². The van der Waals surface area contributed by atoms with Gasteiger partial charge in [-0.05, 0) is 36.6 Å². The summed E-state index contributed by atoms with van der Waals surface area (Å²) in [6, 6.07) is 8.63. The lowest BCUT2D eigenvalue weighted by Crippen LogP contribution is -2.23. The van der Waals surface area contributed by atoms with Crippen molar-refractivity contribution in [3.05, 3.63) is 64.7 Å². The molecule has 0 saturated heterocycles. The summed E-state index contributed by atoms with van der Waals surface area (Å²) >= 11 is 0. The first-order valence-electron chi connectivity index (χ1n) is 7.43. The number of amides is 1. The second kappa shape index (κ2) is 7.68. The van der Waals surface area contributed by atoms with Crippen molar-refractivity contribution in [3.63, 3.8) is 0 Å². The van der Waals surface area contributed by atoms with Gasteiger partial charge in [0.1, 0.15) is 17.2 Å². The number of aryl methyl sites for hydroxylation is 2. The van der Waals surface area contributed by atoms with Crippen LogP contribution in [0.2, 0.25) is 0 Å². The Balaban J connectivity index is 2.03. The van der Waals surface area contributed by atoms with E-state index in [1.807, 2.05) is 32.0 Å². The number of halogens is 2. The highest BCUT2D eigenvalue weighted by Crippen LogP contribution is 2.21. The molecule has 0 radical (unpaired) electrons. The van der Waals surface area contributed by atoms with Gasteiger partial charge in [-0.1, -0.05) is 31.2 Å². The fourth-order valence-corrected chi connectivity index (χ4v) is 2.27. The molecule has 1 amide bonds. The normalized spacial score (nSPS) is 10.3. The van der Waals surface area contributed by atoms with Crippen molar-refractivity contribution in [1.82, 2.24) is 0 Å². The van der Waals surface area contributed by atoms with Gasteiger partial charge >= 0.3 is 5.97 Å². The number of hydrogen-bond acceptors (Lipinski definition) is 3. The number of esters is 1. The van der Waals surface area contributed by atoms with Crippen molar-refractivity contribution < 1.29 is 23.1 Å². The number of benzene rings is 2. The van der Waals surface area contributed by atoms with Crippen molar-refractivity contribution >= 4 is 17.6 Å². The molecule has 0 aliphatic heterocycles. The molecule has 0 aliphatic carbocycles. The number of carbonyl (C=O) groups excluding carboxylic acids is 2. The van der Waals surface area contributed by atoms with Crippen molar-refractivity contribution in [2.75, 3.05) is 11.9 Å². The van der Waals surface area contributed by atoms with Gasteiger partial charge in [-0.25, -0.2) is 13.6 Å². The molecule has 6 heteroatoms. The molecule has 0 heterocycles. The van der Waals surface area contributed by atoms with Crippen LogP contribution in [0, 0.1) is 18.6 Å². The van der Waals surface area contributed by atoms with Crippen molar-refractivity contribution in [3.8, 4) is 0 Å². The summed E-state index contributed by atoms with van der Waals surface area (Å²) in [5, 5.41) is 2.66. The minimum Gasteiger partial charge on any atom is -0.452 e. The molecule has 0 aliphatic rings. The topological polar surface area (TPSA) is 55.4 Å². The van der Waals surface area contributed by atoms with Crippen LogP contribution in [-0.2, 0) is 16.0 Å². The Bertz CT molecular complexity index is 755. The Labute approximate surface area is 138 Å². The Morgan fingerprint density at radius 1 is 1.08 bits per heavy atom. The highest BCUT2D eigenvalue weighted by molar-refractivity contribution is 5.96. The van der Waals surface area contributed by atoms with E-state index < -0.39 is 35.7 Å². The van der Waals surface area contributed by atoms with Crippen LogP contribution < -0.4 is 5.32 Å². The highest BCUT2D eigenvalue weighted by Gasteiger charge is 2.19. The average molecular weight is 333 g/mol. The Kier molecular flexibility index (Phi) is 5.63. The van der Waals surface area contributed by atoms with Gasteiger partial charge in [-0.15, -0.1) is 0 Å². The molecule has 1 N–H and O–H groups in total. The summed E-state index contributed by atoms with van der Waals surface area (Å²) in [6.07, 6.45) is 0.720. The van der Waals surface area contributed by atoms with Crippen LogP contribution in [0.4, 0.5) is 14.5 Å². The maximum absolute atomic E-state index is 13.5. The molecule has 0 bridgehead atoms. The summed E-state index contributed by atoms with van der Waals surface area (Å²) in [7, 11) is 0. The van der Waals surface area contributed by atoms with Crippen LogP contribution in [0.5, 0.6) is 0 Å². The third kappa shape index (κ3) is 3.95. The molecule has 0 saturated carbocycles. The zero-order chi connectivity index (χ0) is 17.7. The molecule has 0 spiro atoms. The second-order valence-electron chi connectivity index (χ2n) is 5.18. The number of carbonyl (C=O) groups is 2. The zero-order valence-corrected chi connectivity index (χ0v) is 13.4. The standard InChI is InChI=1S/C18H17F2NO3/c1-3-12-7-4-6-11(2)17(12)21-15(22)10-24-18(23)16-13(19)8-5-9-14(16)20/h4-9H,3,10H2,1-2H3,(H,21,22). The lowest BCUT2D eigenvalue weighted by Gasteiger charge is -2.13. The molecule has 126 valence electrons. The van der Waals surface area contributed by atoms with E-state index >= 15 is 0 Å². The smallest absolute Gasteiger partial charge is 0.344 e. The molecular weight excluding hydrogens is 316 g/mol. The molecule has 2 rings (SSSR count). The van der Waals surface area contributed by atoms with Gasteiger partial charge in [-0.3, -0.25) is 4.79 Å². The van der Waals surface area contributed by atoms with E-state index in [-0.39, 0.29) is 0 Å². The third-order valence-electron chi connectivity index (χ3n) is 3.51. The SMILES string of the molecule is CCc1cccc(C)c1NC(=O)COC(=O)c1c(F)cccc1F. The molecule has 2 aromatic rings. The Morgan fingerprint density at radius 3 is 2.33 bits per heavy atom. The van der Waals surface area contributed by atoms with Gasteiger partial charge in [-0.2, -0.15) is 0 Å². The fourth-order valence-electron chi connectivity index (χ4n) is 2.27. The van der Waals surface area contributed by atoms with Crippen LogP contribution in [0.3, 0.4) is 0 Å². The second-order valence-corrected chi connectivity index (χ2v) is 5.18. The first kappa shape index (κ1) is 17.6.